The highest BCUT2D eigenvalue weighted by Crippen LogP contribution is 2.34. The zero-order valence-electron chi connectivity index (χ0n) is 16.2. The van der Waals surface area contributed by atoms with Crippen molar-refractivity contribution in [3.63, 3.8) is 0 Å². The van der Waals surface area contributed by atoms with Crippen LogP contribution in [0.5, 0.6) is 5.88 Å². The molecule has 0 radical (unpaired) electrons. The van der Waals surface area contributed by atoms with Crippen molar-refractivity contribution < 1.29 is 19.8 Å². The Bertz CT molecular complexity index is 1110. The number of rotatable bonds is 5. The predicted octanol–water partition coefficient (Wildman–Crippen LogP) is 2.59. The quantitative estimate of drug-likeness (QED) is 0.762. The largest absolute Gasteiger partial charge is 0.493 e. The van der Waals surface area contributed by atoms with Gasteiger partial charge in [0.1, 0.15) is 0 Å². The van der Waals surface area contributed by atoms with Crippen LogP contribution in [0.3, 0.4) is 0 Å². The van der Waals surface area contributed by atoms with E-state index in [1.807, 2.05) is 24.3 Å². The highest BCUT2D eigenvalue weighted by molar-refractivity contribution is 7.10. The van der Waals surface area contributed by atoms with Crippen LogP contribution in [-0.4, -0.2) is 50.9 Å². The van der Waals surface area contributed by atoms with E-state index in [1.54, 1.807) is 17.2 Å². The van der Waals surface area contributed by atoms with Crippen LogP contribution in [0.2, 0.25) is 0 Å². The molecule has 1 aromatic heterocycles. The Kier molecular flexibility index (Phi) is 5.54. The molecular weight excluding hydrogens is 406 g/mol. The van der Waals surface area contributed by atoms with Crippen molar-refractivity contribution in [3.05, 3.63) is 44.4 Å². The number of para-hydroxylation sites is 1. The van der Waals surface area contributed by atoms with Gasteiger partial charge in [0.25, 0.3) is 0 Å². The molecule has 2 N–H and O–H groups in total. The molecule has 1 amide bonds. The number of aromatic hydroxyl groups is 1. The number of aromatic nitrogens is 1. The van der Waals surface area contributed by atoms with Crippen molar-refractivity contribution >= 4 is 46.8 Å². The molecule has 0 saturated carbocycles. The van der Waals surface area contributed by atoms with E-state index >= 15 is 0 Å². The fraction of sp³-hybridized carbons (Fsp3) is 0.333. The van der Waals surface area contributed by atoms with E-state index in [1.165, 1.54) is 4.57 Å². The fourth-order valence-electron chi connectivity index (χ4n) is 3.74. The highest BCUT2D eigenvalue weighted by atomic mass is 32.1. The minimum atomic E-state index is -0.826. The van der Waals surface area contributed by atoms with E-state index in [4.69, 9.17) is 5.11 Å². The standard InChI is InChI=1S/C21H21N3O5S/c25-18(23-8-5-13(6-9-23)20(27)28)7-10-24-19(26)17(30-21(24)29)11-14-12-22-16-4-2-1-3-15(14)16/h1-4,11-13,26H,5-10H2,(H,27,28). The van der Waals surface area contributed by atoms with Crippen molar-refractivity contribution in [1.29, 1.82) is 0 Å². The van der Waals surface area contributed by atoms with Gasteiger partial charge >= 0.3 is 10.8 Å². The number of fused-ring (bicyclic) bond motifs is 1. The maximum atomic E-state index is 12.4. The summed E-state index contributed by atoms with van der Waals surface area (Å²) in [6.45, 7) is 0.875. The van der Waals surface area contributed by atoms with Gasteiger partial charge in [0, 0.05) is 43.4 Å². The maximum absolute atomic E-state index is 12.4. The number of carbonyl (C=O) groups excluding carboxylic acids is 1. The second kappa shape index (κ2) is 8.27. The first-order valence-corrected chi connectivity index (χ1v) is 10.5. The molecule has 0 spiro atoms. The molecule has 0 atom stereocenters. The van der Waals surface area contributed by atoms with Crippen LogP contribution in [0.25, 0.3) is 11.6 Å². The summed E-state index contributed by atoms with van der Waals surface area (Å²) >= 11 is 0.922. The zero-order chi connectivity index (χ0) is 21.3. The number of carboxylic acids is 1. The molecule has 1 fully saturated rings. The minimum Gasteiger partial charge on any atom is -0.493 e. The van der Waals surface area contributed by atoms with Crippen LogP contribution >= 0.6 is 11.3 Å². The fourth-order valence-corrected chi connectivity index (χ4v) is 4.61. The van der Waals surface area contributed by atoms with Gasteiger partial charge < -0.3 is 15.1 Å². The Morgan fingerprint density at radius 1 is 1.23 bits per heavy atom. The molecule has 0 aliphatic carbocycles. The molecular formula is C21H21N3O5S. The third-order valence-corrected chi connectivity index (χ3v) is 6.40. The zero-order valence-corrected chi connectivity index (χ0v) is 17.0. The van der Waals surface area contributed by atoms with Crippen molar-refractivity contribution in [2.24, 2.45) is 10.9 Å². The summed E-state index contributed by atoms with van der Waals surface area (Å²) in [4.78, 5) is 41.9. The Morgan fingerprint density at radius 2 is 1.97 bits per heavy atom. The van der Waals surface area contributed by atoms with Crippen LogP contribution in [-0.2, 0) is 16.1 Å². The number of hydrogen-bond donors (Lipinski definition) is 2. The summed E-state index contributed by atoms with van der Waals surface area (Å²) in [6.07, 6.45) is 4.37. The molecule has 3 heterocycles. The van der Waals surface area contributed by atoms with Crippen molar-refractivity contribution in [3.8, 4) is 5.88 Å². The molecule has 4 rings (SSSR count). The lowest BCUT2D eigenvalue weighted by molar-refractivity contribution is -0.145. The Balaban J connectivity index is 1.43. The van der Waals surface area contributed by atoms with Gasteiger partial charge in [-0.15, -0.1) is 0 Å². The van der Waals surface area contributed by atoms with Gasteiger partial charge in [-0.3, -0.25) is 23.9 Å². The summed E-state index contributed by atoms with van der Waals surface area (Å²) in [6, 6.07) is 7.62. The van der Waals surface area contributed by atoms with Gasteiger partial charge in [0.05, 0.1) is 16.5 Å². The lowest BCUT2D eigenvalue weighted by Gasteiger charge is -2.30. The van der Waals surface area contributed by atoms with Crippen LogP contribution < -0.4 is 4.87 Å². The van der Waals surface area contributed by atoms with Crippen LogP contribution in [0, 0.1) is 5.92 Å². The molecule has 0 unspecified atom stereocenters. The van der Waals surface area contributed by atoms with E-state index in [-0.39, 0.29) is 29.6 Å². The van der Waals surface area contributed by atoms with Crippen LogP contribution in [0.1, 0.15) is 29.7 Å². The first-order valence-electron chi connectivity index (χ1n) is 9.72. The SMILES string of the molecule is O=C(O)C1CCN(C(=O)CCn2c(O)c(C=C3C=Nc4ccccc43)sc2=O)CC1. The molecule has 156 valence electrons. The van der Waals surface area contributed by atoms with E-state index in [9.17, 15) is 19.5 Å². The number of benzene rings is 1. The summed E-state index contributed by atoms with van der Waals surface area (Å²) in [5, 5.41) is 19.6. The van der Waals surface area contributed by atoms with Crippen LogP contribution in [0.15, 0.2) is 34.1 Å². The molecule has 0 bridgehead atoms. The molecule has 2 aliphatic heterocycles. The molecule has 1 saturated heterocycles. The maximum Gasteiger partial charge on any atom is 0.310 e. The molecule has 9 heteroatoms. The van der Waals surface area contributed by atoms with Gasteiger partial charge in [-0.1, -0.05) is 29.5 Å². The van der Waals surface area contributed by atoms with E-state index < -0.39 is 11.9 Å². The number of piperidine rings is 1. The number of allylic oxidation sites excluding steroid dienone is 1. The van der Waals surface area contributed by atoms with Gasteiger partial charge in [0.15, 0.2) is 0 Å². The van der Waals surface area contributed by atoms with Gasteiger partial charge in [-0.2, -0.15) is 0 Å². The third kappa shape index (κ3) is 3.93. The van der Waals surface area contributed by atoms with Crippen molar-refractivity contribution in [2.45, 2.75) is 25.8 Å². The van der Waals surface area contributed by atoms with Crippen molar-refractivity contribution in [2.75, 3.05) is 13.1 Å². The number of aliphatic imine (C=N–C) groups is 1. The number of nitrogens with zero attached hydrogens (tertiary/aromatic N) is 3. The Hall–Kier alpha value is -3.20. The number of carboxylic acid groups (broad SMARTS) is 1. The lowest BCUT2D eigenvalue weighted by atomic mass is 9.97. The lowest BCUT2D eigenvalue weighted by Crippen LogP contribution is -2.40. The second-order valence-corrected chi connectivity index (χ2v) is 8.32. The Labute approximate surface area is 176 Å². The number of carbonyl (C=O) groups is 2. The minimum absolute atomic E-state index is 0.0717. The smallest absolute Gasteiger partial charge is 0.310 e. The number of aliphatic carboxylic acids is 1. The average Bonchev–Trinajstić information content (AvgIpc) is 3.27. The van der Waals surface area contributed by atoms with Gasteiger partial charge in [-0.25, -0.2) is 0 Å². The first kappa shape index (κ1) is 20.1. The monoisotopic (exact) mass is 427 g/mol. The third-order valence-electron chi connectivity index (χ3n) is 5.48. The summed E-state index contributed by atoms with van der Waals surface area (Å²) in [5.74, 6) is -1.54. The number of hydrogen-bond acceptors (Lipinski definition) is 6. The molecule has 1 aromatic carbocycles. The first-order chi connectivity index (χ1) is 14.4. The van der Waals surface area contributed by atoms with Crippen LogP contribution in [0.4, 0.5) is 5.69 Å². The van der Waals surface area contributed by atoms with E-state index in [2.05, 4.69) is 4.99 Å². The van der Waals surface area contributed by atoms with Gasteiger partial charge in [-0.05, 0) is 25.0 Å². The number of amides is 1. The average molecular weight is 427 g/mol. The van der Waals surface area contributed by atoms with Gasteiger partial charge in [0.2, 0.25) is 11.8 Å². The molecule has 30 heavy (non-hydrogen) atoms. The summed E-state index contributed by atoms with van der Waals surface area (Å²) < 4.78 is 1.21. The predicted molar refractivity (Wildman–Crippen MR) is 114 cm³/mol. The molecule has 2 aromatic rings. The van der Waals surface area contributed by atoms with E-state index in [0.29, 0.717) is 30.8 Å². The molecule has 2 aliphatic rings. The second-order valence-electron chi connectivity index (χ2n) is 7.33. The summed E-state index contributed by atoms with van der Waals surface area (Å²) in [5.41, 5.74) is 2.59. The van der Waals surface area contributed by atoms with E-state index in [0.717, 1.165) is 28.2 Å². The molecule has 8 nitrogen and oxygen atoms in total. The normalized spacial score (nSPS) is 17.5. The Morgan fingerprint density at radius 3 is 2.70 bits per heavy atom. The topological polar surface area (TPSA) is 112 Å². The number of likely N-dealkylation sites (tertiary alicyclic amines) is 1. The number of thiazole rings is 1. The van der Waals surface area contributed by atoms with Crippen molar-refractivity contribution in [1.82, 2.24) is 9.47 Å². The highest BCUT2D eigenvalue weighted by Gasteiger charge is 2.27. The summed E-state index contributed by atoms with van der Waals surface area (Å²) in [7, 11) is 0.